The van der Waals surface area contributed by atoms with Gasteiger partial charge in [0.05, 0.1) is 23.9 Å². The minimum Gasteiger partial charge on any atom is -0.495 e. The van der Waals surface area contributed by atoms with Crippen LogP contribution in [-0.2, 0) is 4.79 Å². The van der Waals surface area contributed by atoms with Crippen LogP contribution in [-0.4, -0.2) is 18.9 Å². The Hall–Kier alpha value is -3.32. The summed E-state index contributed by atoms with van der Waals surface area (Å²) >= 11 is 1.29. The van der Waals surface area contributed by atoms with Gasteiger partial charge in [0, 0.05) is 6.08 Å². The van der Waals surface area contributed by atoms with Crippen molar-refractivity contribution in [3.8, 4) is 5.75 Å². The van der Waals surface area contributed by atoms with Crippen LogP contribution in [0.5, 0.6) is 5.75 Å². The maximum atomic E-state index is 12.7. The number of anilines is 1. The third kappa shape index (κ3) is 4.20. The summed E-state index contributed by atoms with van der Waals surface area (Å²) in [6, 6.07) is 13.9. The summed E-state index contributed by atoms with van der Waals surface area (Å²) in [6.45, 7) is 0. The summed E-state index contributed by atoms with van der Waals surface area (Å²) in [7, 11) is 1.52. The molecule has 0 aliphatic rings. The van der Waals surface area contributed by atoms with Gasteiger partial charge in [0.1, 0.15) is 17.2 Å². The Morgan fingerprint density at radius 3 is 2.65 bits per heavy atom. The lowest BCUT2D eigenvalue weighted by atomic mass is 10.2. The van der Waals surface area contributed by atoms with Gasteiger partial charge in [0.25, 0.3) is 11.8 Å². The Kier molecular flexibility index (Phi) is 5.50. The van der Waals surface area contributed by atoms with Gasteiger partial charge < -0.3 is 19.8 Å². The molecule has 0 aliphatic heterocycles. The first-order chi connectivity index (χ1) is 12.7. The molecule has 2 N–H and O–H groups in total. The largest absolute Gasteiger partial charge is 0.495 e. The second kappa shape index (κ2) is 8.17. The molecule has 0 saturated heterocycles. The van der Waals surface area contributed by atoms with Crippen LogP contribution in [0.15, 0.2) is 70.3 Å². The van der Waals surface area contributed by atoms with Crippen molar-refractivity contribution < 1.29 is 18.7 Å². The van der Waals surface area contributed by atoms with Gasteiger partial charge in [-0.3, -0.25) is 9.59 Å². The molecule has 0 unspecified atom stereocenters. The minimum atomic E-state index is -0.490. The maximum Gasteiger partial charge on any atom is 0.272 e. The SMILES string of the molecule is COc1ccccc1NC(=O)/C(=C\c1ccco1)NC(=O)c1cccs1. The molecule has 6 nitrogen and oxygen atoms in total. The standard InChI is InChI=1S/C19H16N2O4S/c1-24-16-8-3-2-7-14(16)20-18(22)15(12-13-6-4-10-25-13)21-19(23)17-9-5-11-26-17/h2-12H,1H3,(H,20,22)(H,21,23)/b15-12+. The number of carbonyl (C=O) groups is 2. The summed E-state index contributed by atoms with van der Waals surface area (Å²) in [4.78, 5) is 25.6. The number of furan rings is 1. The number of hydrogen-bond donors (Lipinski definition) is 2. The predicted octanol–water partition coefficient (Wildman–Crippen LogP) is 3.76. The van der Waals surface area contributed by atoms with Crippen LogP contribution >= 0.6 is 11.3 Å². The first kappa shape index (κ1) is 17.5. The molecule has 2 amide bonds. The van der Waals surface area contributed by atoms with Gasteiger partial charge in [-0.25, -0.2) is 0 Å². The van der Waals surface area contributed by atoms with E-state index in [1.807, 2.05) is 0 Å². The first-order valence-electron chi connectivity index (χ1n) is 7.72. The van der Waals surface area contributed by atoms with Crippen LogP contribution in [0.25, 0.3) is 6.08 Å². The Balaban J connectivity index is 1.85. The second-order valence-electron chi connectivity index (χ2n) is 5.16. The van der Waals surface area contributed by atoms with Crippen molar-refractivity contribution in [3.63, 3.8) is 0 Å². The average Bonchev–Trinajstić information content (AvgIpc) is 3.35. The molecular weight excluding hydrogens is 352 g/mol. The molecule has 0 atom stereocenters. The zero-order valence-electron chi connectivity index (χ0n) is 13.9. The molecule has 0 bridgehead atoms. The van der Waals surface area contributed by atoms with Crippen molar-refractivity contribution >= 4 is 34.9 Å². The van der Waals surface area contributed by atoms with Crippen molar-refractivity contribution in [2.24, 2.45) is 0 Å². The van der Waals surface area contributed by atoms with E-state index < -0.39 is 5.91 Å². The number of nitrogens with one attached hydrogen (secondary N) is 2. The molecule has 0 radical (unpaired) electrons. The monoisotopic (exact) mass is 368 g/mol. The molecule has 2 heterocycles. The van der Waals surface area contributed by atoms with E-state index in [1.165, 1.54) is 30.8 Å². The molecular formula is C19H16N2O4S. The topological polar surface area (TPSA) is 80.6 Å². The minimum absolute atomic E-state index is 0.0595. The van der Waals surface area contributed by atoms with Crippen LogP contribution in [0.3, 0.4) is 0 Å². The molecule has 0 fully saturated rings. The lowest BCUT2D eigenvalue weighted by Gasteiger charge is -2.12. The maximum absolute atomic E-state index is 12.7. The second-order valence-corrected chi connectivity index (χ2v) is 6.11. The van der Waals surface area contributed by atoms with E-state index in [2.05, 4.69) is 10.6 Å². The van der Waals surface area contributed by atoms with Gasteiger partial charge in [-0.2, -0.15) is 0 Å². The zero-order chi connectivity index (χ0) is 18.4. The number of benzene rings is 1. The van der Waals surface area contributed by atoms with Crippen molar-refractivity contribution in [3.05, 3.63) is 76.5 Å². The number of methoxy groups -OCH3 is 1. The molecule has 26 heavy (non-hydrogen) atoms. The fourth-order valence-corrected chi connectivity index (χ4v) is 2.82. The van der Waals surface area contributed by atoms with E-state index >= 15 is 0 Å². The van der Waals surface area contributed by atoms with Crippen LogP contribution in [0.2, 0.25) is 0 Å². The average molecular weight is 368 g/mol. The van der Waals surface area contributed by atoms with Crippen LogP contribution < -0.4 is 15.4 Å². The molecule has 0 spiro atoms. The number of para-hydroxylation sites is 2. The van der Waals surface area contributed by atoms with E-state index in [0.29, 0.717) is 22.1 Å². The normalized spacial score (nSPS) is 11.0. The van der Waals surface area contributed by atoms with E-state index in [0.717, 1.165) is 0 Å². The van der Waals surface area contributed by atoms with Gasteiger partial charge in [-0.05, 0) is 35.7 Å². The van der Waals surface area contributed by atoms with Crippen molar-refractivity contribution in [2.75, 3.05) is 12.4 Å². The summed E-state index contributed by atoms with van der Waals surface area (Å²) in [5, 5.41) is 7.17. The van der Waals surface area contributed by atoms with E-state index in [4.69, 9.17) is 9.15 Å². The lowest BCUT2D eigenvalue weighted by molar-refractivity contribution is -0.113. The highest BCUT2D eigenvalue weighted by Crippen LogP contribution is 2.23. The zero-order valence-corrected chi connectivity index (χ0v) is 14.7. The van der Waals surface area contributed by atoms with Crippen molar-refractivity contribution in [1.82, 2.24) is 5.32 Å². The lowest BCUT2D eigenvalue weighted by Crippen LogP contribution is -2.30. The number of amides is 2. The smallest absolute Gasteiger partial charge is 0.272 e. The molecule has 7 heteroatoms. The third-order valence-electron chi connectivity index (χ3n) is 3.42. The fourth-order valence-electron chi connectivity index (χ4n) is 2.20. The predicted molar refractivity (Wildman–Crippen MR) is 100 cm³/mol. The first-order valence-corrected chi connectivity index (χ1v) is 8.60. The molecule has 0 aliphatic carbocycles. The number of thiophene rings is 1. The molecule has 3 rings (SSSR count). The fraction of sp³-hybridized carbons (Fsp3) is 0.0526. The van der Waals surface area contributed by atoms with Gasteiger partial charge in [-0.1, -0.05) is 18.2 Å². The van der Waals surface area contributed by atoms with Crippen LogP contribution in [0, 0.1) is 0 Å². The van der Waals surface area contributed by atoms with E-state index in [9.17, 15) is 9.59 Å². The Morgan fingerprint density at radius 1 is 1.12 bits per heavy atom. The summed E-state index contributed by atoms with van der Waals surface area (Å²) in [5.41, 5.74) is 0.556. The quantitative estimate of drug-likeness (QED) is 0.649. The van der Waals surface area contributed by atoms with Gasteiger partial charge in [-0.15, -0.1) is 11.3 Å². The molecule has 3 aromatic rings. The summed E-state index contributed by atoms with van der Waals surface area (Å²) in [5.74, 6) is 0.105. The highest BCUT2D eigenvalue weighted by atomic mass is 32.1. The Bertz CT molecular complexity index is 915. The molecule has 2 aromatic heterocycles. The number of rotatable bonds is 6. The van der Waals surface area contributed by atoms with E-state index in [-0.39, 0.29) is 11.6 Å². The van der Waals surface area contributed by atoms with Crippen LogP contribution in [0.1, 0.15) is 15.4 Å². The highest BCUT2D eigenvalue weighted by molar-refractivity contribution is 7.12. The summed E-state index contributed by atoms with van der Waals surface area (Å²) in [6.07, 6.45) is 2.96. The Labute approximate surface area is 154 Å². The molecule has 0 saturated carbocycles. The third-order valence-corrected chi connectivity index (χ3v) is 4.29. The van der Waals surface area contributed by atoms with Gasteiger partial charge in [0.15, 0.2) is 0 Å². The Morgan fingerprint density at radius 2 is 1.96 bits per heavy atom. The number of hydrogen-bond acceptors (Lipinski definition) is 5. The van der Waals surface area contributed by atoms with E-state index in [1.54, 1.807) is 53.9 Å². The number of ether oxygens (including phenoxy) is 1. The molecule has 132 valence electrons. The van der Waals surface area contributed by atoms with Gasteiger partial charge >= 0.3 is 0 Å². The summed E-state index contributed by atoms with van der Waals surface area (Å²) < 4.78 is 10.5. The van der Waals surface area contributed by atoms with Crippen molar-refractivity contribution in [2.45, 2.75) is 0 Å². The van der Waals surface area contributed by atoms with Gasteiger partial charge in [0.2, 0.25) is 0 Å². The number of carbonyl (C=O) groups excluding carboxylic acids is 2. The van der Waals surface area contributed by atoms with Crippen LogP contribution in [0.4, 0.5) is 5.69 Å². The molecule has 1 aromatic carbocycles. The highest BCUT2D eigenvalue weighted by Gasteiger charge is 2.17. The van der Waals surface area contributed by atoms with Crippen molar-refractivity contribution in [1.29, 1.82) is 0 Å².